The molecule has 2 heterocycles. The van der Waals surface area contributed by atoms with Crippen molar-refractivity contribution in [2.75, 3.05) is 31.1 Å². The van der Waals surface area contributed by atoms with E-state index < -0.39 is 0 Å². The Morgan fingerprint density at radius 3 is 2.34 bits per heavy atom. The van der Waals surface area contributed by atoms with E-state index in [1.54, 1.807) is 24.5 Å². The van der Waals surface area contributed by atoms with Crippen molar-refractivity contribution in [2.45, 2.75) is 6.54 Å². The molecule has 1 aromatic heterocycles. The number of piperazine rings is 1. The summed E-state index contributed by atoms with van der Waals surface area (Å²) >= 11 is 0. The van der Waals surface area contributed by atoms with Crippen molar-refractivity contribution in [3.8, 4) is 0 Å². The van der Waals surface area contributed by atoms with Crippen molar-refractivity contribution in [1.29, 1.82) is 0 Å². The van der Waals surface area contributed by atoms with Gasteiger partial charge in [-0.25, -0.2) is 0 Å². The standard InChI is InChI=1S/C25H25N3O/c29-25(13-8-21-7-4-14-26-19-21)23-9-11-24(12-10-23)28-17-15-27(16-18-28)20-22-5-2-1-3-6-22/h1-14,19H,15-18,20H2/b13-8+. The van der Waals surface area contributed by atoms with Crippen molar-refractivity contribution in [3.63, 3.8) is 0 Å². The van der Waals surface area contributed by atoms with E-state index in [1.165, 1.54) is 11.3 Å². The number of hydrogen-bond donors (Lipinski definition) is 0. The van der Waals surface area contributed by atoms with Gasteiger partial charge in [-0.05, 0) is 53.6 Å². The third-order valence-corrected chi connectivity index (χ3v) is 5.25. The fourth-order valence-electron chi connectivity index (χ4n) is 3.59. The van der Waals surface area contributed by atoms with Crippen LogP contribution in [0.15, 0.2) is 85.2 Å². The topological polar surface area (TPSA) is 36.4 Å². The second kappa shape index (κ2) is 9.30. The van der Waals surface area contributed by atoms with Crippen molar-refractivity contribution in [2.24, 2.45) is 0 Å². The van der Waals surface area contributed by atoms with Crippen LogP contribution in [0.5, 0.6) is 0 Å². The first-order chi connectivity index (χ1) is 14.3. The fraction of sp³-hybridized carbons (Fsp3) is 0.200. The SMILES string of the molecule is O=C(/C=C/c1cccnc1)c1ccc(N2CCN(Cc3ccccc3)CC2)cc1. The number of carbonyl (C=O) groups excluding carboxylic acids is 1. The van der Waals surface area contributed by atoms with E-state index in [4.69, 9.17) is 0 Å². The third-order valence-electron chi connectivity index (χ3n) is 5.25. The molecule has 1 aliphatic heterocycles. The van der Waals surface area contributed by atoms with E-state index in [2.05, 4.69) is 57.2 Å². The molecule has 0 aliphatic carbocycles. The quantitative estimate of drug-likeness (QED) is 0.470. The maximum absolute atomic E-state index is 12.4. The first-order valence-electron chi connectivity index (χ1n) is 10.0. The highest BCUT2D eigenvalue weighted by atomic mass is 16.1. The highest BCUT2D eigenvalue weighted by Crippen LogP contribution is 2.19. The van der Waals surface area contributed by atoms with Crippen LogP contribution in [0.1, 0.15) is 21.5 Å². The average Bonchev–Trinajstić information content (AvgIpc) is 2.79. The van der Waals surface area contributed by atoms with Crippen LogP contribution in [0, 0.1) is 0 Å². The molecule has 0 saturated carbocycles. The predicted octanol–water partition coefficient (Wildman–Crippen LogP) is 4.30. The summed E-state index contributed by atoms with van der Waals surface area (Å²) < 4.78 is 0. The van der Waals surface area contributed by atoms with Gasteiger partial charge in [0.25, 0.3) is 0 Å². The largest absolute Gasteiger partial charge is 0.369 e. The average molecular weight is 383 g/mol. The Balaban J connectivity index is 1.31. The molecule has 29 heavy (non-hydrogen) atoms. The number of nitrogens with zero attached hydrogens (tertiary/aromatic N) is 3. The smallest absolute Gasteiger partial charge is 0.185 e. The summed E-state index contributed by atoms with van der Waals surface area (Å²) in [5.74, 6) is 0.00748. The van der Waals surface area contributed by atoms with Gasteiger partial charge in [-0.3, -0.25) is 14.7 Å². The Morgan fingerprint density at radius 2 is 1.66 bits per heavy atom. The Hall–Kier alpha value is -3.24. The van der Waals surface area contributed by atoms with Crippen LogP contribution in [0.25, 0.3) is 6.08 Å². The molecule has 4 rings (SSSR count). The number of benzene rings is 2. The molecule has 4 nitrogen and oxygen atoms in total. The molecule has 0 N–H and O–H groups in total. The zero-order valence-electron chi connectivity index (χ0n) is 16.4. The Bertz CT molecular complexity index is 944. The highest BCUT2D eigenvalue weighted by Gasteiger charge is 2.17. The summed E-state index contributed by atoms with van der Waals surface area (Å²) in [6.45, 7) is 5.10. The fourth-order valence-corrected chi connectivity index (χ4v) is 3.59. The number of anilines is 1. The summed E-state index contributed by atoms with van der Waals surface area (Å²) in [4.78, 5) is 21.3. The van der Waals surface area contributed by atoms with Gasteiger partial charge in [0.05, 0.1) is 0 Å². The van der Waals surface area contributed by atoms with Crippen molar-refractivity contribution in [3.05, 3.63) is 102 Å². The number of hydrogen-bond acceptors (Lipinski definition) is 4. The molecule has 1 saturated heterocycles. The van der Waals surface area contributed by atoms with E-state index >= 15 is 0 Å². The summed E-state index contributed by atoms with van der Waals surface area (Å²) in [6, 6.07) is 22.4. The van der Waals surface area contributed by atoms with E-state index in [0.717, 1.165) is 38.3 Å². The molecule has 0 amide bonds. The van der Waals surface area contributed by atoms with Gasteiger partial charge in [-0.15, -0.1) is 0 Å². The van der Waals surface area contributed by atoms with Gasteiger partial charge >= 0.3 is 0 Å². The van der Waals surface area contributed by atoms with Crippen LogP contribution >= 0.6 is 0 Å². The van der Waals surface area contributed by atoms with Gasteiger partial charge in [0.1, 0.15) is 0 Å². The number of allylic oxidation sites excluding steroid dienone is 1. The lowest BCUT2D eigenvalue weighted by Crippen LogP contribution is -2.45. The second-order valence-corrected chi connectivity index (χ2v) is 7.28. The first kappa shape index (κ1) is 19.1. The summed E-state index contributed by atoms with van der Waals surface area (Å²) in [5, 5.41) is 0. The molecule has 1 fully saturated rings. The molecule has 4 heteroatoms. The molecule has 1 aliphatic rings. The van der Waals surface area contributed by atoms with Crippen LogP contribution in [-0.2, 0) is 6.54 Å². The van der Waals surface area contributed by atoms with Crippen LogP contribution < -0.4 is 4.90 Å². The maximum atomic E-state index is 12.4. The molecular formula is C25H25N3O. The number of aromatic nitrogens is 1. The molecule has 2 aromatic carbocycles. The lowest BCUT2D eigenvalue weighted by atomic mass is 10.1. The van der Waals surface area contributed by atoms with Crippen LogP contribution in [0.2, 0.25) is 0 Å². The Kier molecular flexibility index (Phi) is 6.13. The lowest BCUT2D eigenvalue weighted by Gasteiger charge is -2.36. The van der Waals surface area contributed by atoms with E-state index in [-0.39, 0.29) is 5.78 Å². The lowest BCUT2D eigenvalue weighted by molar-refractivity contribution is 0.104. The van der Waals surface area contributed by atoms with E-state index in [0.29, 0.717) is 5.56 Å². The number of pyridine rings is 1. The van der Waals surface area contributed by atoms with Crippen molar-refractivity contribution in [1.82, 2.24) is 9.88 Å². The highest BCUT2D eigenvalue weighted by molar-refractivity contribution is 6.06. The minimum atomic E-state index is 0.00748. The zero-order valence-corrected chi connectivity index (χ0v) is 16.4. The molecule has 0 spiro atoms. The molecular weight excluding hydrogens is 358 g/mol. The van der Waals surface area contributed by atoms with Crippen LogP contribution in [0.3, 0.4) is 0 Å². The van der Waals surface area contributed by atoms with Gasteiger partial charge in [0.15, 0.2) is 5.78 Å². The number of carbonyl (C=O) groups is 1. The normalized spacial score (nSPS) is 15.0. The second-order valence-electron chi connectivity index (χ2n) is 7.28. The molecule has 0 atom stereocenters. The van der Waals surface area contributed by atoms with Gasteiger partial charge in [-0.1, -0.05) is 36.4 Å². The van der Waals surface area contributed by atoms with Gasteiger partial charge in [-0.2, -0.15) is 0 Å². The van der Waals surface area contributed by atoms with E-state index in [1.807, 2.05) is 24.3 Å². The molecule has 0 bridgehead atoms. The summed E-state index contributed by atoms with van der Waals surface area (Å²) in [5.41, 5.74) is 4.17. The summed E-state index contributed by atoms with van der Waals surface area (Å²) in [6.07, 6.45) is 6.87. The Morgan fingerprint density at radius 1 is 0.897 bits per heavy atom. The van der Waals surface area contributed by atoms with Gasteiger partial charge in [0.2, 0.25) is 0 Å². The van der Waals surface area contributed by atoms with Crippen molar-refractivity contribution < 1.29 is 4.79 Å². The van der Waals surface area contributed by atoms with E-state index in [9.17, 15) is 4.79 Å². The molecule has 0 radical (unpaired) electrons. The van der Waals surface area contributed by atoms with Crippen LogP contribution in [-0.4, -0.2) is 41.8 Å². The maximum Gasteiger partial charge on any atom is 0.185 e. The molecule has 146 valence electrons. The number of rotatable bonds is 6. The minimum absolute atomic E-state index is 0.00748. The Labute approximate surface area is 172 Å². The molecule has 3 aromatic rings. The third kappa shape index (κ3) is 5.18. The predicted molar refractivity (Wildman–Crippen MR) is 118 cm³/mol. The summed E-state index contributed by atoms with van der Waals surface area (Å²) in [7, 11) is 0. The molecule has 0 unspecified atom stereocenters. The number of ketones is 1. The van der Waals surface area contributed by atoms with Crippen molar-refractivity contribution >= 4 is 17.5 Å². The first-order valence-corrected chi connectivity index (χ1v) is 10.0. The van der Waals surface area contributed by atoms with Gasteiger partial charge in [0, 0.05) is 56.4 Å². The van der Waals surface area contributed by atoms with Crippen LogP contribution in [0.4, 0.5) is 5.69 Å². The zero-order chi connectivity index (χ0) is 19.9. The van der Waals surface area contributed by atoms with Gasteiger partial charge < -0.3 is 4.90 Å². The minimum Gasteiger partial charge on any atom is -0.369 e. The monoisotopic (exact) mass is 383 g/mol.